The van der Waals surface area contributed by atoms with Gasteiger partial charge in [0.15, 0.2) is 0 Å². The first-order valence-corrected chi connectivity index (χ1v) is 4.10. The Kier molecular flexibility index (Phi) is 1.61. The van der Waals surface area contributed by atoms with Crippen LogP contribution in [0.4, 0.5) is 5.69 Å². The van der Waals surface area contributed by atoms with Crippen LogP contribution in [-0.2, 0) is 6.42 Å². The van der Waals surface area contributed by atoms with Gasteiger partial charge in [-0.05, 0) is 30.2 Å². The molecule has 0 saturated heterocycles. The lowest BCUT2D eigenvalue weighted by Gasteiger charge is -2.10. The number of hydrogen-bond acceptors (Lipinski definition) is 2. The molecule has 0 unspecified atom stereocenters. The summed E-state index contributed by atoms with van der Waals surface area (Å²) in [6.45, 7) is 1.07. The highest BCUT2D eigenvalue weighted by molar-refractivity contribution is 5.77. The molecule has 1 aliphatic rings. The topological polar surface area (TPSA) is 20.3 Å². The number of aldehydes is 1. The molecule has 0 aliphatic carbocycles. The monoisotopic (exact) mass is 161 g/mol. The van der Waals surface area contributed by atoms with E-state index >= 15 is 0 Å². The van der Waals surface area contributed by atoms with Crippen LogP contribution in [0.2, 0.25) is 0 Å². The van der Waals surface area contributed by atoms with Gasteiger partial charge in [-0.25, -0.2) is 0 Å². The van der Waals surface area contributed by atoms with E-state index in [0.717, 1.165) is 24.8 Å². The first-order chi connectivity index (χ1) is 5.81. The molecule has 1 aliphatic heterocycles. The number of nitrogens with zero attached hydrogens (tertiary/aromatic N) is 1. The average Bonchev–Trinajstić information content (AvgIpc) is 2.47. The number of carbonyl (C=O) groups is 1. The molecule has 0 amide bonds. The third-order valence-corrected chi connectivity index (χ3v) is 2.37. The highest BCUT2D eigenvalue weighted by Gasteiger charge is 2.14. The Labute approximate surface area is 71.8 Å². The van der Waals surface area contributed by atoms with Crippen LogP contribution in [0.1, 0.15) is 15.9 Å². The Morgan fingerprint density at radius 2 is 2.33 bits per heavy atom. The fourth-order valence-corrected chi connectivity index (χ4v) is 1.66. The molecule has 0 N–H and O–H groups in total. The van der Waals surface area contributed by atoms with Crippen LogP contribution in [0.25, 0.3) is 0 Å². The number of benzene rings is 1. The number of carbonyl (C=O) groups excluding carboxylic acids is 1. The highest BCUT2D eigenvalue weighted by atomic mass is 16.1. The highest BCUT2D eigenvalue weighted by Crippen LogP contribution is 2.26. The second-order valence-electron chi connectivity index (χ2n) is 3.18. The zero-order valence-electron chi connectivity index (χ0n) is 7.08. The third-order valence-electron chi connectivity index (χ3n) is 2.37. The molecule has 0 fully saturated rings. The molecule has 1 aromatic rings. The molecular formula is C10H11NO. The van der Waals surface area contributed by atoms with Crippen molar-refractivity contribution in [2.45, 2.75) is 6.42 Å². The van der Waals surface area contributed by atoms with Gasteiger partial charge in [-0.15, -0.1) is 0 Å². The summed E-state index contributed by atoms with van der Waals surface area (Å²) < 4.78 is 0. The van der Waals surface area contributed by atoms with Crippen molar-refractivity contribution in [3.63, 3.8) is 0 Å². The van der Waals surface area contributed by atoms with Gasteiger partial charge in [-0.3, -0.25) is 4.79 Å². The second-order valence-corrected chi connectivity index (χ2v) is 3.18. The van der Waals surface area contributed by atoms with Crippen molar-refractivity contribution in [1.29, 1.82) is 0 Å². The predicted octanol–water partition coefficient (Wildman–Crippen LogP) is 1.49. The Bertz CT molecular complexity index is 320. The van der Waals surface area contributed by atoms with Crippen molar-refractivity contribution in [3.8, 4) is 0 Å². The normalized spacial score (nSPS) is 14.6. The predicted molar refractivity (Wildman–Crippen MR) is 48.8 cm³/mol. The molecular weight excluding hydrogens is 150 g/mol. The first kappa shape index (κ1) is 7.35. The van der Waals surface area contributed by atoms with E-state index in [4.69, 9.17) is 0 Å². The van der Waals surface area contributed by atoms with Crippen LogP contribution in [0, 0.1) is 0 Å². The van der Waals surface area contributed by atoms with Gasteiger partial charge < -0.3 is 4.90 Å². The molecule has 1 aromatic carbocycles. The summed E-state index contributed by atoms with van der Waals surface area (Å²) in [6, 6.07) is 5.87. The molecule has 0 spiro atoms. The molecule has 12 heavy (non-hydrogen) atoms. The van der Waals surface area contributed by atoms with Gasteiger partial charge in [0.25, 0.3) is 0 Å². The van der Waals surface area contributed by atoms with Crippen molar-refractivity contribution >= 4 is 12.0 Å². The number of hydrogen-bond donors (Lipinski definition) is 0. The summed E-state index contributed by atoms with van der Waals surface area (Å²) in [5.74, 6) is 0. The molecule has 0 bridgehead atoms. The number of fused-ring (bicyclic) bond motifs is 1. The van der Waals surface area contributed by atoms with E-state index in [2.05, 4.69) is 11.9 Å². The van der Waals surface area contributed by atoms with Crippen molar-refractivity contribution in [3.05, 3.63) is 29.3 Å². The SMILES string of the molecule is CN1CCc2cc(C=O)ccc21. The second kappa shape index (κ2) is 2.63. The van der Waals surface area contributed by atoms with E-state index in [1.165, 1.54) is 11.3 Å². The molecule has 1 heterocycles. The van der Waals surface area contributed by atoms with Gasteiger partial charge in [0.1, 0.15) is 6.29 Å². The zero-order chi connectivity index (χ0) is 8.55. The maximum Gasteiger partial charge on any atom is 0.150 e. The maximum atomic E-state index is 10.5. The minimum atomic E-state index is 0.782. The van der Waals surface area contributed by atoms with Crippen molar-refractivity contribution in [2.24, 2.45) is 0 Å². The van der Waals surface area contributed by atoms with E-state index in [1.54, 1.807) is 0 Å². The maximum absolute atomic E-state index is 10.5. The van der Waals surface area contributed by atoms with Gasteiger partial charge in [0.05, 0.1) is 0 Å². The summed E-state index contributed by atoms with van der Waals surface area (Å²) in [5, 5.41) is 0. The van der Waals surface area contributed by atoms with Crippen LogP contribution >= 0.6 is 0 Å². The minimum Gasteiger partial charge on any atom is -0.374 e. The van der Waals surface area contributed by atoms with Crippen LogP contribution in [0.5, 0.6) is 0 Å². The van der Waals surface area contributed by atoms with Crippen molar-refractivity contribution in [1.82, 2.24) is 0 Å². The van der Waals surface area contributed by atoms with Gasteiger partial charge in [0.2, 0.25) is 0 Å². The van der Waals surface area contributed by atoms with Crippen LogP contribution in [-0.4, -0.2) is 19.9 Å². The van der Waals surface area contributed by atoms with E-state index < -0.39 is 0 Å². The molecule has 2 nitrogen and oxygen atoms in total. The quantitative estimate of drug-likeness (QED) is 0.581. The average molecular weight is 161 g/mol. The molecule has 2 heteroatoms. The Hall–Kier alpha value is -1.31. The molecule has 0 atom stereocenters. The number of anilines is 1. The Morgan fingerprint density at radius 1 is 1.50 bits per heavy atom. The lowest BCUT2D eigenvalue weighted by atomic mass is 10.1. The van der Waals surface area contributed by atoms with E-state index in [0.29, 0.717) is 0 Å². The standard InChI is InChI=1S/C10H11NO/c1-11-5-4-9-6-8(7-12)2-3-10(9)11/h2-3,6-7H,4-5H2,1H3. The van der Waals surface area contributed by atoms with Crippen molar-refractivity contribution in [2.75, 3.05) is 18.5 Å². The van der Waals surface area contributed by atoms with Gasteiger partial charge in [0, 0.05) is 24.8 Å². The zero-order valence-corrected chi connectivity index (χ0v) is 7.08. The largest absolute Gasteiger partial charge is 0.374 e. The van der Waals surface area contributed by atoms with Gasteiger partial charge in [-0.2, -0.15) is 0 Å². The van der Waals surface area contributed by atoms with E-state index in [-0.39, 0.29) is 0 Å². The first-order valence-electron chi connectivity index (χ1n) is 4.10. The van der Waals surface area contributed by atoms with Gasteiger partial charge >= 0.3 is 0 Å². The van der Waals surface area contributed by atoms with Crippen molar-refractivity contribution < 1.29 is 4.79 Å². The van der Waals surface area contributed by atoms with Gasteiger partial charge in [-0.1, -0.05) is 0 Å². The summed E-state index contributed by atoms with van der Waals surface area (Å²) >= 11 is 0. The number of rotatable bonds is 1. The lowest BCUT2D eigenvalue weighted by Crippen LogP contribution is -2.12. The fourth-order valence-electron chi connectivity index (χ4n) is 1.66. The summed E-state index contributed by atoms with van der Waals surface area (Å²) in [7, 11) is 2.08. The van der Waals surface area contributed by atoms with Crippen LogP contribution < -0.4 is 4.90 Å². The van der Waals surface area contributed by atoms with Crippen LogP contribution in [0.15, 0.2) is 18.2 Å². The smallest absolute Gasteiger partial charge is 0.150 e. The molecule has 2 rings (SSSR count). The molecule has 0 radical (unpaired) electrons. The third kappa shape index (κ3) is 0.998. The molecule has 62 valence electrons. The minimum absolute atomic E-state index is 0.782. The van der Waals surface area contributed by atoms with Crippen LogP contribution in [0.3, 0.4) is 0 Å². The fraction of sp³-hybridized carbons (Fsp3) is 0.300. The molecule has 0 aromatic heterocycles. The number of likely N-dealkylation sites (N-methyl/N-ethyl adjacent to an activating group) is 1. The van der Waals surface area contributed by atoms with E-state index in [9.17, 15) is 4.79 Å². The summed E-state index contributed by atoms with van der Waals surface area (Å²) in [5.41, 5.74) is 3.34. The molecule has 0 saturated carbocycles. The lowest BCUT2D eigenvalue weighted by molar-refractivity contribution is 0.112. The Balaban J connectivity index is 2.48. The summed E-state index contributed by atoms with van der Waals surface area (Å²) in [6.07, 6.45) is 1.96. The van der Waals surface area contributed by atoms with E-state index in [1.807, 2.05) is 18.2 Å². The summed E-state index contributed by atoms with van der Waals surface area (Å²) in [4.78, 5) is 12.7. The Morgan fingerprint density at radius 3 is 3.08 bits per heavy atom.